The molecule has 0 aliphatic carbocycles. The number of nitrogens with one attached hydrogen (secondary N) is 1. The lowest BCUT2D eigenvalue weighted by Gasteiger charge is -2.12. The number of hydrogen-bond donors (Lipinski definition) is 1. The van der Waals surface area contributed by atoms with Crippen molar-refractivity contribution >= 4 is 23.3 Å². The van der Waals surface area contributed by atoms with Crippen molar-refractivity contribution in [1.82, 2.24) is 5.32 Å². The van der Waals surface area contributed by atoms with E-state index in [1.54, 1.807) is 25.4 Å². The molecule has 0 bridgehead atoms. The number of hydrogen-bond acceptors (Lipinski definition) is 4. The summed E-state index contributed by atoms with van der Waals surface area (Å²) in [5.74, 6) is -0.196. The molecule has 0 saturated heterocycles. The first kappa shape index (κ1) is 13.1. The maximum absolute atomic E-state index is 11.9. The minimum Gasteiger partial charge on any atom is -0.467 e. The third-order valence-corrected chi connectivity index (χ3v) is 3.03. The van der Waals surface area contributed by atoms with E-state index >= 15 is 0 Å². The van der Waals surface area contributed by atoms with Crippen LogP contribution in [0.4, 0.5) is 0 Å². The van der Waals surface area contributed by atoms with Gasteiger partial charge in [-0.15, -0.1) is 0 Å². The minimum absolute atomic E-state index is 0.00732. The van der Waals surface area contributed by atoms with Crippen molar-refractivity contribution in [1.29, 1.82) is 0 Å². The maximum atomic E-state index is 11.9. The van der Waals surface area contributed by atoms with E-state index in [-0.39, 0.29) is 18.4 Å². The molecule has 1 aromatic heterocycles. The van der Waals surface area contributed by atoms with Crippen LogP contribution in [0, 0.1) is 0 Å². The molecule has 2 rings (SSSR count). The summed E-state index contributed by atoms with van der Waals surface area (Å²) in [5, 5.41) is 3.44. The molecule has 1 atom stereocenters. The first-order valence-corrected chi connectivity index (χ1v) is 5.96. The van der Waals surface area contributed by atoms with E-state index in [1.165, 1.54) is 0 Å². The molecule has 2 aromatic rings. The van der Waals surface area contributed by atoms with Crippen molar-refractivity contribution in [3.05, 3.63) is 35.6 Å². The number of benzene rings is 1. The Morgan fingerprint density at radius 3 is 3.00 bits per heavy atom. The van der Waals surface area contributed by atoms with Gasteiger partial charge in [0, 0.05) is 18.4 Å². The van der Waals surface area contributed by atoms with Crippen molar-refractivity contribution in [2.24, 2.45) is 0 Å². The molecular formula is C14H15NO4. The van der Waals surface area contributed by atoms with E-state index in [0.717, 1.165) is 10.9 Å². The largest absolute Gasteiger partial charge is 0.467 e. The summed E-state index contributed by atoms with van der Waals surface area (Å²) in [6, 6.07) is 5.51. The Balaban J connectivity index is 2.45. The van der Waals surface area contributed by atoms with E-state index in [0.29, 0.717) is 17.6 Å². The van der Waals surface area contributed by atoms with E-state index < -0.39 is 0 Å². The fraction of sp³-hybridized carbons (Fsp3) is 0.286. The van der Waals surface area contributed by atoms with Crippen LogP contribution in [0.5, 0.6) is 0 Å². The summed E-state index contributed by atoms with van der Waals surface area (Å²) in [4.78, 5) is 22.1. The fourth-order valence-corrected chi connectivity index (χ4v) is 1.97. The first-order chi connectivity index (χ1) is 9.17. The van der Waals surface area contributed by atoms with E-state index in [9.17, 15) is 9.59 Å². The SMILES string of the molecule is CNC(=O)c1cc(C(C)COC=O)cc2ccoc12. The highest BCUT2D eigenvalue weighted by molar-refractivity contribution is 6.05. The van der Waals surface area contributed by atoms with Crippen LogP contribution in [0.1, 0.15) is 28.8 Å². The Kier molecular flexibility index (Phi) is 3.85. The molecule has 0 aliphatic rings. The Morgan fingerprint density at radius 2 is 2.32 bits per heavy atom. The van der Waals surface area contributed by atoms with Gasteiger partial charge in [-0.25, -0.2) is 0 Å². The highest BCUT2D eigenvalue weighted by atomic mass is 16.5. The highest BCUT2D eigenvalue weighted by Crippen LogP contribution is 2.26. The van der Waals surface area contributed by atoms with Crippen LogP contribution in [0.2, 0.25) is 0 Å². The zero-order valence-electron chi connectivity index (χ0n) is 10.8. The van der Waals surface area contributed by atoms with Crippen molar-refractivity contribution in [3.8, 4) is 0 Å². The van der Waals surface area contributed by atoms with Gasteiger partial charge in [0.05, 0.1) is 18.4 Å². The molecule has 5 nitrogen and oxygen atoms in total. The van der Waals surface area contributed by atoms with Crippen LogP contribution in [0.3, 0.4) is 0 Å². The summed E-state index contributed by atoms with van der Waals surface area (Å²) < 4.78 is 10.1. The van der Waals surface area contributed by atoms with Crippen molar-refractivity contribution < 1.29 is 18.7 Å². The smallest absolute Gasteiger partial charge is 0.293 e. The van der Waals surface area contributed by atoms with Crippen LogP contribution in [0.25, 0.3) is 11.0 Å². The van der Waals surface area contributed by atoms with Crippen LogP contribution >= 0.6 is 0 Å². The van der Waals surface area contributed by atoms with Crippen LogP contribution in [-0.2, 0) is 9.53 Å². The summed E-state index contributed by atoms with van der Waals surface area (Å²) in [6.07, 6.45) is 1.55. The third-order valence-electron chi connectivity index (χ3n) is 3.03. The number of furan rings is 1. The second-order valence-electron chi connectivity index (χ2n) is 4.32. The van der Waals surface area contributed by atoms with E-state index in [4.69, 9.17) is 9.15 Å². The highest BCUT2D eigenvalue weighted by Gasteiger charge is 2.16. The number of rotatable bonds is 5. The van der Waals surface area contributed by atoms with Crippen molar-refractivity contribution in [3.63, 3.8) is 0 Å². The monoisotopic (exact) mass is 261 g/mol. The molecule has 1 N–H and O–H groups in total. The van der Waals surface area contributed by atoms with Crippen LogP contribution < -0.4 is 5.32 Å². The Morgan fingerprint density at radius 1 is 1.53 bits per heavy atom. The molecule has 100 valence electrons. The summed E-state index contributed by atoms with van der Waals surface area (Å²) in [5.41, 5.74) is 1.97. The Hall–Kier alpha value is -2.30. The number of amides is 1. The van der Waals surface area contributed by atoms with Crippen LogP contribution in [-0.4, -0.2) is 26.0 Å². The average molecular weight is 261 g/mol. The molecule has 1 aromatic carbocycles. The number of fused-ring (bicyclic) bond motifs is 1. The van der Waals surface area contributed by atoms with Gasteiger partial charge in [-0.2, -0.15) is 0 Å². The second-order valence-corrected chi connectivity index (χ2v) is 4.32. The molecule has 0 fully saturated rings. The molecule has 0 saturated carbocycles. The zero-order valence-corrected chi connectivity index (χ0v) is 10.8. The Labute approximate surface area is 110 Å². The summed E-state index contributed by atoms with van der Waals surface area (Å²) in [7, 11) is 1.57. The lowest BCUT2D eigenvalue weighted by Crippen LogP contribution is -2.18. The molecule has 1 amide bonds. The van der Waals surface area contributed by atoms with Gasteiger partial charge in [-0.05, 0) is 23.8 Å². The van der Waals surface area contributed by atoms with Gasteiger partial charge in [0.25, 0.3) is 12.4 Å². The Bertz CT molecular complexity index is 603. The van der Waals surface area contributed by atoms with Gasteiger partial charge in [-0.1, -0.05) is 6.92 Å². The molecule has 5 heteroatoms. The lowest BCUT2D eigenvalue weighted by atomic mass is 9.97. The molecule has 0 spiro atoms. The van der Waals surface area contributed by atoms with Gasteiger partial charge < -0.3 is 14.5 Å². The first-order valence-electron chi connectivity index (χ1n) is 5.96. The second kappa shape index (κ2) is 5.56. The topological polar surface area (TPSA) is 68.5 Å². The predicted molar refractivity (Wildman–Crippen MR) is 70.0 cm³/mol. The molecule has 0 radical (unpaired) electrons. The summed E-state index contributed by atoms with van der Waals surface area (Å²) in [6.45, 7) is 2.63. The quantitative estimate of drug-likeness (QED) is 0.836. The van der Waals surface area contributed by atoms with Gasteiger partial charge in [0.15, 0.2) is 0 Å². The zero-order chi connectivity index (χ0) is 13.8. The maximum Gasteiger partial charge on any atom is 0.293 e. The predicted octanol–water partition coefficient (Wildman–Crippen LogP) is 2.07. The number of carbonyl (C=O) groups is 2. The van der Waals surface area contributed by atoms with Crippen molar-refractivity contribution in [2.45, 2.75) is 12.8 Å². The fourth-order valence-electron chi connectivity index (χ4n) is 1.97. The number of carbonyl (C=O) groups excluding carboxylic acids is 2. The molecule has 19 heavy (non-hydrogen) atoms. The molecule has 1 heterocycles. The lowest BCUT2D eigenvalue weighted by molar-refractivity contribution is -0.129. The molecule has 1 unspecified atom stereocenters. The van der Waals surface area contributed by atoms with Crippen LogP contribution in [0.15, 0.2) is 28.9 Å². The number of ether oxygens (including phenoxy) is 1. The van der Waals surface area contributed by atoms with E-state index in [2.05, 4.69) is 5.32 Å². The van der Waals surface area contributed by atoms with Gasteiger partial charge in [0.1, 0.15) is 5.58 Å². The minimum atomic E-state index is -0.203. The normalized spacial score (nSPS) is 12.1. The molecule has 0 aliphatic heterocycles. The van der Waals surface area contributed by atoms with Gasteiger partial charge in [-0.3, -0.25) is 9.59 Å². The third kappa shape index (κ3) is 2.59. The molecular weight excluding hydrogens is 246 g/mol. The van der Waals surface area contributed by atoms with E-state index in [1.807, 2.05) is 13.0 Å². The average Bonchev–Trinajstić information content (AvgIpc) is 2.90. The van der Waals surface area contributed by atoms with Gasteiger partial charge in [0.2, 0.25) is 0 Å². The standard InChI is InChI=1S/C14H15NO4/c1-9(7-18-8-16)11-5-10-3-4-19-13(10)12(6-11)14(17)15-2/h3-6,8-9H,7H2,1-2H3,(H,15,17). The van der Waals surface area contributed by atoms with Crippen molar-refractivity contribution in [2.75, 3.05) is 13.7 Å². The van der Waals surface area contributed by atoms with Gasteiger partial charge >= 0.3 is 0 Å². The summed E-state index contributed by atoms with van der Waals surface area (Å²) >= 11 is 0.